The van der Waals surface area contributed by atoms with Crippen molar-refractivity contribution in [1.82, 2.24) is 0 Å². The van der Waals surface area contributed by atoms with Crippen LogP contribution < -0.4 is 4.74 Å². The standard InChI is InChI=1S/C17H15BrO3/c1-11-3-4-12(15(18)9-11)5-8-16(19)14-7-6-13(21-2)10-17(14)20/h3-10,20H,1-2H3. The highest BCUT2D eigenvalue weighted by Crippen LogP contribution is 2.25. The maximum atomic E-state index is 12.1. The highest BCUT2D eigenvalue weighted by Gasteiger charge is 2.09. The Morgan fingerprint density at radius 2 is 2.00 bits per heavy atom. The third-order valence-electron chi connectivity index (χ3n) is 3.04. The Morgan fingerprint density at radius 3 is 2.62 bits per heavy atom. The number of rotatable bonds is 4. The van der Waals surface area contributed by atoms with Gasteiger partial charge in [0.15, 0.2) is 5.78 Å². The average Bonchev–Trinajstić information content (AvgIpc) is 2.45. The Balaban J connectivity index is 2.23. The summed E-state index contributed by atoms with van der Waals surface area (Å²) in [4.78, 5) is 12.1. The SMILES string of the molecule is COc1ccc(C(=O)C=Cc2ccc(C)cc2Br)c(O)c1. The van der Waals surface area contributed by atoms with E-state index in [1.807, 2.05) is 25.1 Å². The maximum Gasteiger partial charge on any atom is 0.189 e. The highest BCUT2D eigenvalue weighted by molar-refractivity contribution is 9.10. The van der Waals surface area contributed by atoms with Gasteiger partial charge in [-0.15, -0.1) is 0 Å². The van der Waals surface area contributed by atoms with Gasteiger partial charge in [0.1, 0.15) is 11.5 Å². The summed E-state index contributed by atoms with van der Waals surface area (Å²) in [5, 5.41) is 9.84. The van der Waals surface area contributed by atoms with Crippen LogP contribution in [0.4, 0.5) is 0 Å². The number of ketones is 1. The topological polar surface area (TPSA) is 46.5 Å². The summed E-state index contributed by atoms with van der Waals surface area (Å²) >= 11 is 3.46. The Bertz CT molecular complexity index is 705. The maximum absolute atomic E-state index is 12.1. The molecule has 0 aliphatic carbocycles. The van der Waals surface area contributed by atoms with E-state index < -0.39 is 0 Å². The number of phenols is 1. The molecule has 0 heterocycles. The predicted molar refractivity (Wildman–Crippen MR) is 86.9 cm³/mol. The molecule has 0 aliphatic heterocycles. The zero-order valence-corrected chi connectivity index (χ0v) is 13.3. The summed E-state index contributed by atoms with van der Waals surface area (Å²) in [6.07, 6.45) is 3.16. The minimum atomic E-state index is -0.261. The van der Waals surface area contributed by atoms with Crippen molar-refractivity contribution < 1.29 is 14.6 Å². The fraction of sp³-hybridized carbons (Fsp3) is 0.118. The number of halogens is 1. The van der Waals surface area contributed by atoms with E-state index in [1.54, 1.807) is 18.2 Å². The number of allylic oxidation sites excluding steroid dienone is 1. The van der Waals surface area contributed by atoms with E-state index in [0.29, 0.717) is 5.75 Å². The Kier molecular flexibility index (Phi) is 4.81. The second-order valence-electron chi connectivity index (χ2n) is 4.61. The van der Waals surface area contributed by atoms with Crippen molar-refractivity contribution in [3.63, 3.8) is 0 Å². The van der Waals surface area contributed by atoms with Crippen LogP contribution in [-0.2, 0) is 0 Å². The van der Waals surface area contributed by atoms with Gasteiger partial charge < -0.3 is 9.84 Å². The summed E-state index contributed by atoms with van der Waals surface area (Å²) in [6, 6.07) is 10.5. The van der Waals surface area contributed by atoms with E-state index in [-0.39, 0.29) is 17.1 Å². The predicted octanol–water partition coefficient (Wildman–Crippen LogP) is 4.37. The van der Waals surface area contributed by atoms with Crippen molar-refractivity contribution in [2.75, 3.05) is 7.11 Å². The second-order valence-corrected chi connectivity index (χ2v) is 5.46. The number of hydrogen-bond donors (Lipinski definition) is 1. The molecule has 0 unspecified atom stereocenters. The normalized spacial score (nSPS) is 10.8. The first-order chi connectivity index (χ1) is 10.0. The summed E-state index contributed by atoms with van der Waals surface area (Å²) in [5.41, 5.74) is 2.29. The zero-order valence-electron chi connectivity index (χ0n) is 11.8. The van der Waals surface area contributed by atoms with E-state index in [4.69, 9.17) is 4.74 Å². The van der Waals surface area contributed by atoms with Crippen LogP contribution >= 0.6 is 15.9 Å². The number of carbonyl (C=O) groups is 1. The van der Waals surface area contributed by atoms with Gasteiger partial charge in [-0.05, 0) is 48.4 Å². The number of phenolic OH excluding ortho intramolecular Hbond substituents is 1. The molecular formula is C17H15BrO3. The van der Waals surface area contributed by atoms with Crippen molar-refractivity contribution in [1.29, 1.82) is 0 Å². The molecule has 0 atom stereocenters. The molecule has 2 rings (SSSR count). The van der Waals surface area contributed by atoms with E-state index in [1.165, 1.54) is 19.3 Å². The van der Waals surface area contributed by atoms with Crippen LogP contribution in [0.2, 0.25) is 0 Å². The number of methoxy groups -OCH3 is 1. The lowest BCUT2D eigenvalue weighted by atomic mass is 10.1. The molecule has 0 aliphatic rings. The fourth-order valence-corrected chi connectivity index (χ4v) is 2.49. The van der Waals surface area contributed by atoms with Gasteiger partial charge >= 0.3 is 0 Å². The summed E-state index contributed by atoms with van der Waals surface area (Å²) in [6.45, 7) is 2.00. The molecule has 0 spiro atoms. The number of aryl methyl sites for hydroxylation is 1. The first-order valence-corrected chi connectivity index (χ1v) is 7.16. The number of carbonyl (C=O) groups excluding carboxylic acids is 1. The first kappa shape index (κ1) is 15.3. The molecule has 0 fully saturated rings. The zero-order chi connectivity index (χ0) is 15.4. The van der Waals surface area contributed by atoms with E-state index in [0.717, 1.165) is 15.6 Å². The van der Waals surface area contributed by atoms with Crippen molar-refractivity contribution in [2.45, 2.75) is 6.92 Å². The molecule has 0 aromatic heterocycles. The van der Waals surface area contributed by atoms with Crippen molar-refractivity contribution in [2.24, 2.45) is 0 Å². The molecule has 2 aromatic rings. The molecule has 1 N–H and O–H groups in total. The molecule has 0 saturated carbocycles. The Hall–Kier alpha value is -2.07. The smallest absolute Gasteiger partial charge is 0.189 e. The average molecular weight is 347 g/mol. The van der Waals surface area contributed by atoms with Gasteiger partial charge in [-0.2, -0.15) is 0 Å². The Labute approximate surface area is 132 Å². The summed E-state index contributed by atoms with van der Waals surface area (Å²) in [7, 11) is 1.51. The van der Waals surface area contributed by atoms with Gasteiger partial charge in [0.2, 0.25) is 0 Å². The molecule has 0 saturated heterocycles. The number of ether oxygens (including phenoxy) is 1. The molecule has 0 bridgehead atoms. The third kappa shape index (κ3) is 3.73. The molecule has 2 aromatic carbocycles. The van der Waals surface area contributed by atoms with E-state index >= 15 is 0 Å². The van der Waals surface area contributed by atoms with Gasteiger partial charge in [-0.25, -0.2) is 0 Å². The summed E-state index contributed by atoms with van der Waals surface area (Å²) < 4.78 is 5.91. The molecule has 3 nitrogen and oxygen atoms in total. The van der Waals surface area contributed by atoms with E-state index in [9.17, 15) is 9.90 Å². The number of hydrogen-bond acceptors (Lipinski definition) is 3. The van der Waals surface area contributed by atoms with Gasteiger partial charge in [0, 0.05) is 10.5 Å². The lowest BCUT2D eigenvalue weighted by molar-refractivity contribution is 0.104. The van der Waals surface area contributed by atoms with Gasteiger partial charge in [0.25, 0.3) is 0 Å². The van der Waals surface area contributed by atoms with Crippen LogP contribution in [0.15, 0.2) is 46.9 Å². The molecular weight excluding hydrogens is 332 g/mol. The largest absolute Gasteiger partial charge is 0.507 e. The van der Waals surface area contributed by atoms with Crippen molar-refractivity contribution in [3.05, 3.63) is 63.6 Å². The number of benzene rings is 2. The quantitative estimate of drug-likeness (QED) is 0.660. The lowest BCUT2D eigenvalue weighted by Gasteiger charge is -2.04. The van der Waals surface area contributed by atoms with E-state index in [2.05, 4.69) is 15.9 Å². The van der Waals surface area contributed by atoms with Crippen LogP contribution in [-0.4, -0.2) is 18.0 Å². The molecule has 0 amide bonds. The second kappa shape index (κ2) is 6.59. The first-order valence-electron chi connectivity index (χ1n) is 6.37. The summed E-state index contributed by atoms with van der Waals surface area (Å²) in [5.74, 6) is 0.156. The van der Waals surface area contributed by atoms with Crippen LogP contribution in [0.5, 0.6) is 11.5 Å². The van der Waals surface area contributed by atoms with Crippen LogP contribution in [0.1, 0.15) is 21.5 Å². The fourth-order valence-electron chi connectivity index (χ4n) is 1.87. The van der Waals surface area contributed by atoms with Gasteiger partial charge in [0.05, 0.1) is 12.7 Å². The van der Waals surface area contributed by atoms with Crippen LogP contribution in [0.25, 0.3) is 6.08 Å². The molecule has 4 heteroatoms. The molecule has 108 valence electrons. The minimum Gasteiger partial charge on any atom is -0.507 e. The highest BCUT2D eigenvalue weighted by atomic mass is 79.9. The molecule has 0 radical (unpaired) electrons. The lowest BCUT2D eigenvalue weighted by Crippen LogP contribution is -1.95. The van der Waals surface area contributed by atoms with Crippen molar-refractivity contribution >= 4 is 27.8 Å². The Morgan fingerprint density at radius 1 is 1.24 bits per heavy atom. The van der Waals surface area contributed by atoms with Crippen LogP contribution in [0.3, 0.4) is 0 Å². The third-order valence-corrected chi connectivity index (χ3v) is 3.73. The van der Waals surface area contributed by atoms with Gasteiger partial charge in [-0.3, -0.25) is 4.79 Å². The van der Waals surface area contributed by atoms with Crippen molar-refractivity contribution in [3.8, 4) is 11.5 Å². The van der Waals surface area contributed by atoms with Crippen LogP contribution in [0, 0.1) is 6.92 Å². The number of aromatic hydroxyl groups is 1. The minimum absolute atomic E-state index is 0.0908. The monoisotopic (exact) mass is 346 g/mol. The van der Waals surface area contributed by atoms with Gasteiger partial charge in [-0.1, -0.05) is 28.1 Å². The molecule has 21 heavy (non-hydrogen) atoms.